The molecule has 2 aromatic heterocycles. The minimum atomic E-state index is -0.112. The summed E-state index contributed by atoms with van der Waals surface area (Å²) in [5.41, 5.74) is 0.804. The van der Waals surface area contributed by atoms with E-state index in [4.69, 9.17) is 11.6 Å². The van der Waals surface area contributed by atoms with Crippen LogP contribution in [0, 0.1) is 0 Å². The highest BCUT2D eigenvalue weighted by molar-refractivity contribution is 9.10. The van der Waals surface area contributed by atoms with Crippen molar-refractivity contribution in [2.75, 3.05) is 0 Å². The summed E-state index contributed by atoms with van der Waals surface area (Å²) in [5.74, 6) is 0. The number of pyridine rings is 1. The van der Waals surface area contributed by atoms with Crippen molar-refractivity contribution in [3.05, 3.63) is 27.8 Å². The molecule has 1 unspecified atom stereocenters. The molecule has 0 aliphatic rings. The smallest absolute Gasteiger partial charge is 0.167 e. The monoisotopic (exact) mass is 303 g/mol. The lowest BCUT2D eigenvalue weighted by Crippen LogP contribution is -1.83. The predicted octanol–water partition coefficient (Wildman–Crippen LogP) is 3.66. The normalized spacial score (nSPS) is 12.7. The molecule has 6 heteroatoms. The van der Waals surface area contributed by atoms with Crippen LogP contribution in [0.15, 0.2) is 22.8 Å². The number of rotatable bonds is 2. The highest BCUT2D eigenvalue weighted by Crippen LogP contribution is 2.31. The predicted molar refractivity (Wildman–Crippen MR) is 65.1 cm³/mol. The maximum Gasteiger partial charge on any atom is 0.167 e. The van der Waals surface area contributed by atoms with E-state index in [0.717, 1.165) is 20.2 Å². The lowest BCUT2D eigenvalue weighted by molar-refractivity contribution is 0.960. The number of aromatic nitrogens is 3. The Kier molecular flexibility index (Phi) is 3.33. The molecule has 0 aromatic carbocycles. The van der Waals surface area contributed by atoms with E-state index in [1.54, 1.807) is 6.20 Å². The molecule has 0 saturated heterocycles. The van der Waals surface area contributed by atoms with Gasteiger partial charge in [0.05, 0.1) is 5.38 Å². The molecule has 2 rings (SSSR count). The molecule has 1 atom stereocenters. The van der Waals surface area contributed by atoms with Crippen LogP contribution in [-0.4, -0.2) is 15.2 Å². The van der Waals surface area contributed by atoms with Crippen LogP contribution in [0.5, 0.6) is 0 Å². The van der Waals surface area contributed by atoms with E-state index in [9.17, 15) is 0 Å². The zero-order chi connectivity index (χ0) is 10.8. The van der Waals surface area contributed by atoms with Gasteiger partial charge in [0.2, 0.25) is 0 Å². The standard InChI is InChI=1S/C9H7BrClN3S/c1-5(11)8-13-14-9(15-8)7-6(10)3-2-4-12-7/h2-5H,1H3. The van der Waals surface area contributed by atoms with Gasteiger partial charge >= 0.3 is 0 Å². The van der Waals surface area contributed by atoms with Crippen LogP contribution in [0.25, 0.3) is 10.7 Å². The van der Waals surface area contributed by atoms with Crippen LogP contribution in [0.4, 0.5) is 0 Å². The second-order valence-electron chi connectivity index (χ2n) is 2.90. The van der Waals surface area contributed by atoms with E-state index in [1.165, 1.54) is 11.3 Å². The average Bonchev–Trinajstić information content (AvgIpc) is 2.67. The molecule has 78 valence electrons. The number of hydrogen-bond donors (Lipinski definition) is 0. The van der Waals surface area contributed by atoms with Crippen molar-refractivity contribution in [3.8, 4) is 10.7 Å². The van der Waals surface area contributed by atoms with Gasteiger partial charge in [-0.15, -0.1) is 21.8 Å². The molecule has 0 fully saturated rings. The topological polar surface area (TPSA) is 38.7 Å². The summed E-state index contributed by atoms with van der Waals surface area (Å²) < 4.78 is 0.912. The molecule has 2 heterocycles. The molecule has 0 aliphatic heterocycles. The fraction of sp³-hybridized carbons (Fsp3) is 0.222. The quantitative estimate of drug-likeness (QED) is 0.795. The summed E-state index contributed by atoms with van der Waals surface area (Å²) in [6.45, 7) is 1.87. The van der Waals surface area contributed by atoms with Gasteiger partial charge in [-0.05, 0) is 35.0 Å². The van der Waals surface area contributed by atoms with Crippen LogP contribution in [0.2, 0.25) is 0 Å². The largest absolute Gasteiger partial charge is 0.252 e. The van der Waals surface area contributed by atoms with E-state index < -0.39 is 0 Å². The van der Waals surface area contributed by atoms with Gasteiger partial charge < -0.3 is 0 Å². The highest BCUT2D eigenvalue weighted by Gasteiger charge is 2.13. The lowest BCUT2D eigenvalue weighted by atomic mass is 10.4. The van der Waals surface area contributed by atoms with E-state index >= 15 is 0 Å². The molecule has 0 saturated carbocycles. The maximum absolute atomic E-state index is 5.92. The second kappa shape index (κ2) is 4.55. The highest BCUT2D eigenvalue weighted by atomic mass is 79.9. The van der Waals surface area contributed by atoms with Crippen molar-refractivity contribution >= 4 is 38.9 Å². The van der Waals surface area contributed by atoms with Crippen molar-refractivity contribution in [2.24, 2.45) is 0 Å². The molecule has 15 heavy (non-hydrogen) atoms. The molecule has 3 nitrogen and oxygen atoms in total. The molecular formula is C9H7BrClN3S. The molecular weight excluding hydrogens is 298 g/mol. The first-order chi connectivity index (χ1) is 7.18. The maximum atomic E-state index is 5.92. The molecule has 2 aromatic rings. The van der Waals surface area contributed by atoms with Gasteiger partial charge in [-0.25, -0.2) is 0 Å². The Balaban J connectivity index is 2.42. The van der Waals surface area contributed by atoms with Gasteiger partial charge in [0.1, 0.15) is 10.7 Å². The number of halogens is 2. The van der Waals surface area contributed by atoms with E-state index in [-0.39, 0.29) is 5.38 Å². The first kappa shape index (κ1) is 11.0. The fourth-order valence-corrected chi connectivity index (χ4v) is 2.57. The van der Waals surface area contributed by atoms with Crippen molar-refractivity contribution < 1.29 is 0 Å². The Bertz CT molecular complexity index is 472. The summed E-state index contributed by atoms with van der Waals surface area (Å²) in [7, 11) is 0. The first-order valence-corrected chi connectivity index (χ1v) is 6.31. The van der Waals surface area contributed by atoms with Crippen molar-refractivity contribution in [3.63, 3.8) is 0 Å². The third-order valence-electron chi connectivity index (χ3n) is 1.74. The molecule has 0 amide bonds. The third kappa shape index (κ3) is 2.35. The average molecular weight is 305 g/mol. The van der Waals surface area contributed by atoms with Gasteiger partial charge in [-0.3, -0.25) is 4.98 Å². The Morgan fingerprint density at radius 1 is 1.47 bits per heavy atom. The lowest BCUT2D eigenvalue weighted by Gasteiger charge is -1.96. The summed E-state index contributed by atoms with van der Waals surface area (Å²) in [4.78, 5) is 4.24. The number of hydrogen-bond acceptors (Lipinski definition) is 4. The van der Waals surface area contributed by atoms with Gasteiger partial charge in [0, 0.05) is 10.7 Å². The zero-order valence-electron chi connectivity index (χ0n) is 7.82. The first-order valence-electron chi connectivity index (χ1n) is 4.27. The Morgan fingerprint density at radius 3 is 2.87 bits per heavy atom. The van der Waals surface area contributed by atoms with Gasteiger partial charge in [-0.2, -0.15) is 0 Å². The van der Waals surface area contributed by atoms with Crippen LogP contribution < -0.4 is 0 Å². The van der Waals surface area contributed by atoms with E-state index in [2.05, 4.69) is 31.1 Å². The van der Waals surface area contributed by atoms with Crippen molar-refractivity contribution in [1.82, 2.24) is 15.2 Å². The molecule has 0 aliphatic carbocycles. The molecule has 0 bridgehead atoms. The van der Waals surface area contributed by atoms with E-state index in [1.807, 2.05) is 19.1 Å². The van der Waals surface area contributed by atoms with Crippen LogP contribution in [0.3, 0.4) is 0 Å². The minimum Gasteiger partial charge on any atom is -0.252 e. The third-order valence-corrected chi connectivity index (χ3v) is 3.83. The Hall–Kier alpha value is -0.520. The molecule has 0 N–H and O–H groups in total. The second-order valence-corrected chi connectivity index (χ2v) is 5.41. The number of alkyl halides is 1. The van der Waals surface area contributed by atoms with Crippen molar-refractivity contribution in [2.45, 2.75) is 12.3 Å². The van der Waals surface area contributed by atoms with Gasteiger partial charge in [0.25, 0.3) is 0 Å². The SMILES string of the molecule is CC(Cl)c1nnc(-c2ncccc2Br)s1. The summed E-state index contributed by atoms with van der Waals surface area (Å²) in [6.07, 6.45) is 1.73. The summed E-state index contributed by atoms with van der Waals surface area (Å²) in [6, 6.07) is 3.78. The van der Waals surface area contributed by atoms with Gasteiger partial charge in [-0.1, -0.05) is 11.3 Å². The van der Waals surface area contributed by atoms with E-state index in [0.29, 0.717) is 0 Å². The van der Waals surface area contributed by atoms with Gasteiger partial charge in [0.15, 0.2) is 5.01 Å². The Morgan fingerprint density at radius 2 is 2.27 bits per heavy atom. The molecule has 0 radical (unpaired) electrons. The zero-order valence-corrected chi connectivity index (χ0v) is 11.0. The number of nitrogens with zero attached hydrogens (tertiary/aromatic N) is 3. The fourth-order valence-electron chi connectivity index (χ4n) is 1.03. The van der Waals surface area contributed by atoms with Crippen LogP contribution >= 0.6 is 38.9 Å². The Labute approximate surface area is 105 Å². The summed E-state index contributed by atoms with van der Waals surface area (Å²) in [5, 5.41) is 9.55. The molecule has 0 spiro atoms. The van der Waals surface area contributed by atoms with Crippen LogP contribution in [0.1, 0.15) is 17.3 Å². The van der Waals surface area contributed by atoms with Crippen molar-refractivity contribution in [1.29, 1.82) is 0 Å². The van der Waals surface area contributed by atoms with Crippen LogP contribution in [-0.2, 0) is 0 Å². The minimum absolute atomic E-state index is 0.112. The summed E-state index contributed by atoms with van der Waals surface area (Å²) >= 11 is 10.8.